The summed E-state index contributed by atoms with van der Waals surface area (Å²) in [6, 6.07) is 6.45. The van der Waals surface area contributed by atoms with Crippen LogP contribution in [0.1, 0.15) is 43.6 Å². The highest BCUT2D eigenvalue weighted by Gasteiger charge is 2.17. The maximum Gasteiger partial charge on any atom is 0.161 e. The molecule has 0 saturated carbocycles. The van der Waals surface area contributed by atoms with E-state index < -0.39 is 0 Å². The van der Waals surface area contributed by atoms with Gasteiger partial charge >= 0.3 is 0 Å². The largest absolute Gasteiger partial charge is 0.493 e. The van der Waals surface area contributed by atoms with Crippen molar-refractivity contribution in [2.45, 2.75) is 38.0 Å². The molecule has 0 amide bonds. The number of nitrogens with one attached hydrogen (secondary N) is 1. The number of piperidine rings is 2. The molecule has 1 aromatic rings. The zero-order valence-corrected chi connectivity index (χ0v) is 14.4. The van der Waals surface area contributed by atoms with Gasteiger partial charge < -0.3 is 14.8 Å². The third kappa shape index (κ3) is 4.61. The van der Waals surface area contributed by atoms with Gasteiger partial charge in [0.1, 0.15) is 6.61 Å². The Labute approximate surface area is 140 Å². The number of hydrogen-bond acceptors (Lipinski definition) is 4. The third-order valence-electron chi connectivity index (χ3n) is 5.07. The van der Waals surface area contributed by atoms with E-state index in [-0.39, 0.29) is 0 Å². The van der Waals surface area contributed by atoms with Crippen molar-refractivity contribution >= 4 is 0 Å². The van der Waals surface area contributed by atoms with Gasteiger partial charge in [0.2, 0.25) is 0 Å². The summed E-state index contributed by atoms with van der Waals surface area (Å²) >= 11 is 0. The number of likely N-dealkylation sites (tertiary alicyclic amines) is 1. The Bertz CT molecular complexity index is 480. The van der Waals surface area contributed by atoms with Crippen molar-refractivity contribution < 1.29 is 9.47 Å². The third-order valence-corrected chi connectivity index (χ3v) is 5.07. The van der Waals surface area contributed by atoms with Crippen LogP contribution < -0.4 is 14.8 Å². The van der Waals surface area contributed by atoms with Gasteiger partial charge in [-0.05, 0) is 68.9 Å². The molecule has 3 rings (SSSR count). The van der Waals surface area contributed by atoms with Crippen molar-refractivity contribution in [2.75, 3.05) is 46.4 Å². The molecule has 2 aliphatic heterocycles. The Morgan fingerprint density at radius 2 is 2.00 bits per heavy atom. The average Bonchev–Trinajstić information content (AvgIpc) is 2.63. The molecule has 2 saturated heterocycles. The fraction of sp³-hybridized carbons (Fsp3) is 0.684. The Balaban J connectivity index is 1.55. The van der Waals surface area contributed by atoms with Gasteiger partial charge in [-0.25, -0.2) is 0 Å². The lowest BCUT2D eigenvalue weighted by Crippen LogP contribution is -2.33. The van der Waals surface area contributed by atoms with Gasteiger partial charge in [0.25, 0.3) is 0 Å². The average molecular weight is 318 g/mol. The maximum atomic E-state index is 5.99. The molecule has 0 aliphatic carbocycles. The fourth-order valence-corrected chi connectivity index (χ4v) is 3.66. The van der Waals surface area contributed by atoms with E-state index in [0.29, 0.717) is 5.92 Å². The number of benzene rings is 1. The van der Waals surface area contributed by atoms with Crippen molar-refractivity contribution in [1.82, 2.24) is 10.2 Å². The van der Waals surface area contributed by atoms with Crippen LogP contribution in [0.5, 0.6) is 11.5 Å². The van der Waals surface area contributed by atoms with E-state index in [1.165, 1.54) is 50.8 Å². The summed E-state index contributed by atoms with van der Waals surface area (Å²) in [6.07, 6.45) is 6.54. The lowest BCUT2D eigenvalue weighted by molar-refractivity contribution is 0.180. The lowest BCUT2D eigenvalue weighted by atomic mass is 9.91. The smallest absolute Gasteiger partial charge is 0.161 e. The summed E-state index contributed by atoms with van der Waals surface area (Å²) in [4.78, 5) is 2.50. The van der Waals surface area contributed by atoms with Gasteiger partial charge in [-0.1, -0.05) is 12.5 Å². The quantitative estimate of drug-likeness (QED) is 0.874. The molecule has 4 nitrogen and oxygen atoms in total. The van der Waals surface area contributed by atoms with Crippen LogP contribution in [-0.4, -0.2) is 51.3 Å². The predicted molar refractivity (Wildman–Crippen MR) is 93.6 cm³/mol. The van der Waals surface area contributed by atoms with E-state index in [1.54, 1.807) is 7.11 Å². The first kappa shape index (κ1) is 16.6. The number of ether oxygens (including phenoxy) is 2. The normalized spacial score (nSPS) is 22.7. The van der Waals surface area contributed by atoms with Crippen LogP contribution in [0, 0.1) is 0 Å². The Kier molecular flexibility index (Phi) is 6.17. The van der Waals surface area contributed by atoms with Gasteiger partial charge in [0.15, 0.2) is 11.5 Å². The first-order chi connectivity index (χ1) is 11.4. The van der Waals surface area contributed by atoms with E-state index in [1.807, 2.05) is 0 Å². The van der Waals surface area contributed by atoms with Crippen LogP contribution in [0.15, 0.2) is 18.2 Å². The predicted octanol–water partition coefficient (Wildman–Crippen LogP) is 3.03. The second kappa shape index (κ2) is 8.55. The second-order valence-corrected chi connectivity index (χ2v) is 6.70. The molecule has 2 aliphatic rings. The molecule has 2 fully saturated rings. The van der Waals surface area contributed by atoms with Gasteiger partial charge in [-0.3, -0.25) is 4.90 Å². The highest BCUT2D eigenvalue weighted by Crippen LogP contribution is 2.33. The van der Waals surface area contributed by atoms with Crippen LogP contribution in [0.4, 0.5) is 0 Å². The number of rotatable bonds is 6. The summed E-state index contributed by atoms with van der Waals surface area (Å²) in [5.41, 5.74) is 1.36. The van der Waals surface area contributed by atoms with Crippen molar-refractivity contribution in [1.29, 1.82) is 0 Å². The van der Waals surface area contributed by atoms with E-state index >= 15 is 0 Å². The molecule has 4 heteroatoms. The summed E-state index contributed by atoms with van der Waals surface area (Å²) in [6.45, 7) is 6.39. The van der Waals surface area contributed by atoms with Crippen LogP contribution >= 0.6 is 0 Å². The maximum absolute atomic E-state index is 5.99. The monoisotopic (exact) mass is 318 g/mol. The summed E-state index contributed by atoms with van der Waals surface area (Å²) < 4.78 is 11.6. The number of methoxy groups -OCH3 is 1. The zero-order valence-electron chi connectivity index (χ0n) is 14.4. The lowest BCUT2D eigenvalue weighted by Gasteiger charge is -2.26. The molecule has 0 spiro atoms. The highest BCUT2D eigenvalue weighted by molar-refractivity contribution is 5.44. The Hall–Kier alpha value is -1.26. The van der Waals surface area contributed by atoms with Crippen molar-refractivity contribution in [2.24, 2.45) is 0 Å². The molecule has 0 bridgehead atoms. The Morgan fingerprint density at radius 3 is 2.74 bits per heavy atom. The van der Waals surface area contributed by atoms with Crippen LogP contribution in [-0.2, 0) is 0 Å². The molecular formula is C19H30N2O2. The number of hydrogen-bond donors (Lipinski definition) is 1. The molecular weight excluding hydrogens is 288 g/mol. The SMILES string of the molecule is COc1cc(C2CCCNC2)ccc1OCCN1CCCCC1. The first-order valence-corrected chi connectivity index (χ1v) is 9.10. The number of nitrogens with zero attached hydrogens (tertiary/aromatic N) is 1. The molecule has 0 aromatic heterocycles. The standard InChI is InChI=1S/C19H30N2O2/c1-22-19-14-16(17-6-5-9-20-15-17)7-8-18(19)23-13-12-21-10-3-2-4-11-21/h7-8,14,17,20H,2-6,9-13,15H2,1H3. The van der Waals surface area contributed by atoms with Gasteiger partial charge in [-0.15, -0.1) is 0 Å². The van der Waals surface area contributed by atoms with Crippen molar-refractivity contribution in [3.05, 3.63) is 23.8 Å². The molecule has 23 heavy (non-hydrogen) atoms. The topological polar surface area (TPSA) is 33.7 Å². The molecule has 128 valence electrons. The molecule has 1 aromatic carbocycles. The van der Waals surface area contributed by atoms with Gasteiger partial charge in [-0.2, -0.15) is 0 Å². The molecule has 1 unspecified atom stereocenters. The summed E-state index contributed by atoms with van der Waals surface area (Å²) in [7, 11) is 1.73. The Morgan fingerprint density at radius 1 is 1.13 bits per heavy atom. The molecule has 0 radical (unpaired) electrons. The van der Waals surface area contributed by atoms with Gasteiger partial charge in [0, 0.05) is 13.1 Å². The molecule has 1 atom stereocenters. The summed E-state index contributed by atoms with van der Waals surface area (Å²) in [5, 5.41) is 3.48. The minimum atomic E-state index is 0.597. The van der Waals surface area contributed by atoms with Crippen LogP contribution in [0.2, 0.25) is 0 Å². The minimum Gasteiger partial charge on any atom is -0.493 e. The zero-order chi connectivity index (χ0) is 15.9. The minimum absolute atomic E-state index is 0.597. The van der Waals surface area contributed by atoms with Crippen molar-refractivity contribution in [3.8, 4) is 11.5 Å². The first-order valence-electron chi connectivity index (χ1n) is 9.10. The second-order valence-electron chi connectivity index (χ2n) is 6.70. The summed E-state index contributed by atoms with van der Waals surface area (Å²) in [5.74, 6) is 2.34. The van der Waals surface area contributed by atoms with E-state index in [4.69, 9.17) is 9.47 Å². The highest BCUT2D eigenvalue weighted by atomic mass is 16.5. The van der Waals surface area contributed by atoms with E-state index in [0.717, 1.165) is 37.7 Å². The van der Waals surface area contributed by atoms with E-state index in [2.05, 4.69) is 28.4 Å². The van der Waals surface area contributed by atoms with Crippen LogP contribution in [0.25, 0.3) is 0 Å². The molecule has 2 heterocycles. The van der Waals surface area contributed by atoms with E-state index in [9.17, 15) is 0 Å². The fourth-order valence-electron chi connectivity index (χ4n) is 3.66. The van der Waals surface area contributed by atoms with Crippen LogP contribution in [0.3, 0.4) is 0 Å². The van der Waals surface area contributed by atoms with Crippen molar-refractivity contribution in [3.63, 3.8) is 0 Å². The molecule has 1 N–H and O–H groups in total. The van der Waals surface area contributed by atoms with Gasteiger partial charge in [0.05, 0.1) is 7.11 Å².